The molecule has 13 heavy (non-hydrogen) atoms. The van der Waals surface area contributed by atoms with Crippen molar-refractivity contribution in [2.45, 2.75) is 13.1 Å². The number of nitriles is 1. The van der Waals surface area contributed by atoms with Crippen molar-refractivity contribution in [2.75, 3.05) is 17.3 Å². The second-order valence-corrected chi connectivity index (χ2v) is 3.27. The molecule has 1 heterocycles. The molecule has 0 spiro atoms. The Hall–Kier alpha value is -1.69. The Morgan fingerprint density at radius 1 is 1.54 bits per heavy atom. The van der Waals surface area contributed by atoms with E-state index < -0.39 is 0 Å². The van der Waals surface area contributed by atoms with E-state index in [9.17, 15) is 0 Å². The zero-order chi connectivity index (χ0) is 9.42. The molecule has 1 aliphatic heterocycles. The van der Waals surface area contributed by atoms with Crippen LogP contribution in [0.5, 0.6) is 0 Å². The highest BCUT2D eigenvalue weighted by Gasteiger charge is 2.21. The molecule has 2 rings (SSSR count). The van der Waals surface area contributed by atoms with Crippen molar-refractivity contribution in [3.63, 3.8) is 0 Å². The highest BCUT2D eigenvalue weighted by molar-refractivity contribution is 5.76. The number of nitrogens with one attached hydrogen (secondary N) is 1. The summed E-state index contributed by atoms with van der Waals surface area (Å²) in [4.78, 5) is 2.12. The lowest BCUT2D eigenvalue weighted by atomic mass is 10.2. The van der Waals surface area contributed by atoms with Crippen molar-refractivity contribution >= 4 is 11.4 Å². The average molecular weight is 173 g/mol. The van der Waals surface area contributed by atoms with Crippen LogP contribution in [0.3, 0.4) is 0 Å². The van der Waals surface area contributed by atoms with Gasteiger partial charge in [0.05, 0.1) is 29.2 Å². The van der Waals surface area contributed by atoms with E-state index in [-0.39, 0.29) is 0 Å². The topological polar surface area (TPSA) is 39.1 Å². The molecule has 3 nitrogen and oxygen atoms in total. The van der Waals surface area contributed by atoms with Gasteiger partial charge >= 0.3 is 0 Å². The number of hydrogen-bond donors (Lipinski definition) is 1. The van der Waals surface area contributed by atoms with Gasteiger partial charge in [-0.2, -0.15) is 5.26 Å². The van der Waals surface area contributed by atoms with E-state index in [1.807, 2.05) is 25.2 Å². The van der Waals surface area contributed by atoms with E-state index in [1.54, 1.807) is 0 Å². The minimum atomic E-state index is 0.309. The Labute approximate surface area is 77.6 Å². The highest BCUT2D eigenvalue weighted by atomic mass is 15.3. The van der Waals surface area contributed by atoms with Crippen LogP contribution in [-0.2, 0) is 0 Å². The maximum Gasteiger partial charge on any atom is 0.0992 e. The first-order valence-electron chi connectivity index (χ1n) is 4.26. The molecule has 66 valence electrons. The van der Waals surface area contributed by atoms with Crippen LogP contribution in [0.15, 0.2) is 18.2 Å². The van der Waals surface area contributed by atoms with Crippen LogP contribution in [0.2, 0.25) is 0 Å². The van der Waals surface area contributed by atoms with Gasteiger partial charge in [0.15, 0.2) is 0 Å². The number of hydrogen-bond acceptors (Lipinski definition) is 3. The number of benzene rings is 1. The van der Waals surface area contributed by atoms with Gasteiger partial charge in [-0.1, -0.05) is 0 Å². The molecule has 1 aromatic rings. The fraction of sp³-hybridized carbons (Fsp3) is 0.300. The first-order valence-corrected chi connectivity index (χ1v) is 4.26. The summed E-state index contributed by atoms with van der Waals surface area (Å²) in [6.45, 7) is 2.09. The normalized spacial score (nSPS) is 19.2. The summed E-state index contributed by atoms with van der Waals surface area (Å²) in [5.41, 5.74) is 2.92. The lowest BCUT2D eigenvalue weighted by molar-refractivity contribution is 0.806. The Bertz CT molecular complexity index is 378. The van der Waals surface area contributed by atoms with Crippen molar-refractivity contribution in [3.05, 3.63) is 23.8 Å². The van der Waals surface area contributed by atoms with Crippen molar-refractivity contribution in [1.82, 2.24) is 0 Å². The van der Waals surface area contributed by atoms with Crippen molar-refractivity contribution < 1.29 is 0 Å². The van der Waals surface area contributed by atoms with Gasteiger partial charge in [-0.25, -0.2) is 0 Å². The van der Waals surface area contributed by atoms with Crippen molar-refractivity contribution in [1.29, 1.82) is 5.26 Å². The molecule has 0 aromatic heterocycles. The Kier molecular flexibility index (Phi) is 1.63. The summed E-state index contributed by atoms with van der Waals surface area (Å²) in [6, 6.07) is 7.83. The summed E-state index contributed by atoms with van der Waals surface area (Å²) in [7, 11) is 2.02. The van der Waals surface area contributed by atoms with E-state index in [4.69, 9.17) is 5.26 Å². The predicted octanol–water partition coefficient (Wildman–Crippen LogP) is 1.77. The van der Waals surface area contributed by atoms with Crippen LogP contribution in [0, 0.1) is 11.3 Å². The predicted molar refractivity (Wildman–Crippen MR) is 52.6 cm³/mol. The van der Waals surface area contributed by atoms with Gasteiger partial charge in [0.25, 0.3) is 0 Å². The van der Waals surface area contributed by atoms with E-state index >= 15 is 0 Å². The number of rotatable bonds is 0. The maximum absolute atomic E-state index is 8.73. The first-order chi connectivity index (χ1) is 6.22. The molecular weight excluding hydrogens is 162 g/mol. The van der Waals surface area contributed by atoms with Gasteiger partial charge in [-0.05, 0) is 25.1 Å². The fourth-order valence-corrected chi connectivity index (χ4v) is 1.55. The number of nitrogens with zero attached hydrogens (tertiary/aromatic N) is 2. The van der Waals surface area contributed by atoms with E-state index in [0.717, 1.165) is 11.4 Å². The summed E-state index contributed by atoms with van der Waals surface area (Å²) in [5.74, 6) is 0. The van der Waals surface area contributed by atoms with Gasteiger partial charge in [0.1, 0.15) is 0 Å². The molecule has 0 bridgehead atoms. The molecule has 1 aromatic carbocycles. The molecule has 0 saturated carbocycles. The second kappa shape index (κ2) is 2.67. The summed E-state index contributed by atoms with van der Waals surface area (Å²) in [5, 5.41) is 12.0. The fourth-order valence-electron chi connectivity index (χ4n) is 1.55. The molecule has 1 N–H and O–H groups in total. The maximum atomic E-state index is 8.73. The Morgan fingerprint density at radius 2 is 2.31 bits per heavy atom. The molecule has 0 amide bonds. The van der Waals surface area contributed by atoms with Crippen molar-refractivity contribution in [2.24, 2.45) is 0 Å². The summed E-state index contributed by atoms with van der Waals surface area (Å²) < 4.78 is 0. The van der Waals surface area contributed by atoms with Gasteiger partial charge < -0.3 is 10.2 Å². The molecule has 1 aliphatic rings. The largest absolute Gasteiger partial charge is 0.364 e. The molecule has 0 aliphatic carbocycles. The first kappa shape index (κ1) is 7.93. The third-order valence-electron chi connectivity index (χ3n) is 2.45. The van der Waals surface area contributed by atoms with Crippen LogP contribution in [0.4, 0.5) is 11.4 Å². The lowest BCUT2D eigenvalue weighted by Crippen LogP contribution is -2.28. The van der Waals surface area contributed by atoms with Gasteiger partial charge in [0, 0.05) is 7.05 Å². The summed E-state index contributed by atoms with van der Waals surface area (Å²) >= 11 is 0. The second-order valence-electron chi connectivity index (χ2n) is 3.27. The highest BCUT2D eigenvalue weighted by Crippen LogP contribution is 2.33. The van der Waals surface area contributed by atoms with E-state index in [2.05, 4.69) is 23.2 Å². The van der Waals surface area contributed by atoms with E-state index in [1.165, 1.54) is 0 Å². The molecule has 1 unspecified atom stereocenters. The minimum absolute atomic E-state index is 0.309. The van der Waals surface area contributed by atoms with Crippen LogP contribution >= 0.6 is 0 Å². The standard InChI is InChI=1S/C10H11N3/c1-7-12-9-4-3-8(6-11)5-10(9)13(7)2/h3-5,7,12H,1-2H3. The minimum Gasteiger partial charge on any atom is -0.364 e. The molecule has 0 fully saturated rings. The van der Waals surface area contributed by atoms with Crippen LogP contribution in [0.25, 0.3) is 0 Å². The molecule has 0 radical (unpaired) electrons. The van der Waals surface area contributed by atoms with Gasteiger partial charge in [0.2, 0.25) is 0 Å². The smallest absolute Gasteiger partial charge is 0.0992 e. The number of anilines is 2. The third kappa shape index (κ3) is 1.11. The Balaban J connectivity index is 2.49. The van der Waals surface area contributed by atoms with Crippen LogP contribution in [-0.4, -0.2) is 13.2 Å². The summed E-state index contributed by atoms with van der Waals surface area (Å²) in [6.07, 6.45) is 0.309. The zero-order valence-corrected chi connectivity index (χ0v) is 7.70. The number of fused-ring (bicyclic) bond motifs is 1. The quantitative estimate of drug-likeness (QED) is 0.649. The molecule has 1 atom stereocenters. The zero-order valence-electron chi connectivity index (χ0n) is 7.70. The van der Waals surface area contributed by atoms with Gasteiger partial charge in [-0.15, -0.1) is 0 Å². The van der Waals surface area contributed by atoms with Crippen molar-refractivity contribution in [3.8, 4) is 6.07 Å². The Morgan fingerprint density at radius 3 is 3.00 bits per heavy atom. The van der Waals surface area contributed by atoms with Crippen LogP contribution < -0.4 is 10.2 Å². The lowest BCUT2D eigenvalue weighted by Gasteiger charge is -2.17. The SMILES string of the molecule is CC1Nc2ccc(C#N)cc2N1C. The van der Waals surface area contributed by atoms with Gasteiger partial charge in [-0.3, -0.25) is 0 Å². The third-order valence-corrected chi connectivity index (χ3v) is 2.45. The molecule has 0 saturated heterocycles. The monoisotopic (exact) mass is 173 g/mol. The molecule has 3 heteroatoms. The molecular formula is C10H11N3. The van der Waals surface area contributed by atoms with E-state index in [0.29, 0.717) is 11.7 Å². The van der Waals surface area contributed by atoms with Crippen LogP contribution in [0.1, 0.15) is 12.5 Å². The average Bonchev–Trinajstić information content (AvgIpc) is 2.43.